The van der Waals surface area contributed by atoms with Gasteiger partial charge in [-0.15, -0.1) is 0 Å². The maximum absolute atomic E-state index is 3.34. The van der Waals surface area contributed by atoms with Crippen molar-refractivity contribution in [3.8, 4) is 0 Å². The molecular formula is C8H16N. The quantitative estimate of drug-likeness (QED) is 0.607. The van der Waals surface area contributed by atoms with Crippen molar-refractivity contribution in [1.82, 2.24) is 5.32 Å². The summed E-state index contributed by atoms with van der Waals surface area (Å²) in [5.41, 5.74) is 0. The van der Waals surface area contributed by atoms with Crippen molar-refractivity contribution in [1.29, 1.82) is 0 Å². The molecule has 0 spiro atoms. The fourth-order valence-electron chi connectivity index (χ4n) is 1.26. The Labute approximate surface area is 57.8 Å². The van der Waals surface area contributed by atoms with Gasteiger partial charge in [0, 0.05) is 6.54 Å². The van der Waals surface area contributed by atoms with Crippen LogP contribution in [0.1, 0.15) is 32.6 Å². The van der Waals surface area contributed by atoms with E-state index in [0.29, 0.717) is 0 Å². The predicted octanol–water partition coefficient (Wildman–Crippen LogP) is 1.74. The van der Waals surface area contributed by atoms with E-state index in [2.05, 4.69) is 12.2 Å². The summed E-state index contributed by atoms with van der Waals surface area (Å²) in [6.45, 7) is 4.67. The normalized spacial score (nSPS) is 21.0. The minimum Gasteiger partial charge on any atom is -0.316 e. The molecule has 1 aliphatic heterocycles. The Morgan fingerprint density at radius 1 is 1.56 bits per heavy atom. The zero-order valence-electron chi connectivity index (χ0n) is 6.24. The van der Waals surface area contributed by atoms with E-state index in [9.17, 15) is 0 Å². The van der Waals surface area contributed by atoms with Crippen molar-refractivity contribution in [2.24, 2.45) is 0 Å². The van der Waals surface area contributed by atoms with Crippen LogP contribution in [0.25, 0.3) is 0 Å². The van der Waals surface area contributed by atoms with Crippen LogP contribution < -0.4 is 5.32 Å². The molecule has 1 nitrogen and oxygen atoms in total. The van der Waals surface area contributed by atoms with Crippen molar-refractivity contribution in [2.75, 3.05) is 13.1 Å². The van der Waals surface area contributed by atoms with Gasteiger partial charge in [0.05, 0.1) is 0 Å². The van der Waals surface area contributed by atoms with Crippen LogP contribution in [0.15, 0.2) is 0 Å². The van der Waals surface area contributed by atoms with Crippen LogP contribution in [-0.2, 0) is 0 Å². The Morgan fingerprint density at radius 2 is 2.44 bits per heavy atom. The zero-order chi connectivity index (χ0) is 6.53. The molecule has 0 amide bonds. The Kier molecular flexibility index (Phi) is 3.05. The van der Waals surface area contributed by atoms with Gasteiger partial charge >= 0.3 is 0 Å². The fraction of sp³-hybridized carbons (Fsp3) is 0.875. The number of hydrogen-bond donors (Lipinski definition) is 1. The molecular weight excluding hydrogens is 110 g/mol. The minimum absolute atomic E-state index is 1.19. The number of unbranched alkanes of at least 4 members (excludes halogenated alkanes) is 1. The van der Waals surface area contributed by atoms with Gasteiger partial charge in [0.2, 0.25) is 0 Å². The first-order chi connectivity index (χ1) is 4.43. The van der Waals surface area contributed by atoms with E-state index in [0.717, 1.165) is 0 Å². The van der Waals surface area contributed by atoms with E-state index in [4.69, 9.17) is 0 Å². The van der Waals surface area contributed by atoms with Crippen molar-refractivity contribution in [3.05, 3.63) is 5.92 Å². The first kappa shape index (κ1) is 7.07. The topological polar surface area (TPSA) is 12.0 Å². The molecule has 0 bridgehead atoms. The van der Waals surface area contributed by atoms with Crippen molar-refractivity contribution < 1.29 is 0 Å². The SMILES string of the molecule is CCCC[C]1CCNC1. The van der Waals surface area contributed by atoms with Gasteiger partial charge < -0.3 is 5.32 Å². The molecule has 0 aromatic rings. The lowest BCUT2D eigenvalue weighted by Crippen LogP contribution is -2.07. The molecule has 1 saturated heterocycles. The molecule has 1 rings (SSSR count). The Bertz CT molecular complexity index is 65.0. The van der Waals surface area contributed by atoms with E-state index in [1.54, 1.807) is 5.92 Å². The summed E-state index contributed by atoms with van der Waals surface area (Å²) in [5.74, 6) is 1.73. The molecule has 1 fully saturated rings. The second-order valence-corrected chi connectivity index (χ2v) is 2.78. The van der Waals surface area contributed by atoms with Crippen LogP contribution in [0.5, 0.6) is 0 Å². The molecule has 0 aromatic heterocycles. The second kappa shape index (κ2) is 3.89. The highest BCUT2D eigenvalue weighted by atomic mass is 14.9. The van der Waals surface area contributed by atoms with E-state index < -0.39 is 0 Å². The molecule has 1 N–H and O–H groups in total. The molecule has 1 heteroatoms. The smallest absolute Gasteiger partial charge is 0.00141 e. The van der Waals surface area contributed by atoms with Gasteiger partial charge in [0.25, 0.3) is 0 Å². The van der Waals surface area contributed by atoms with Crippen LogP contribution in [-0.4, -0.2) is 13.1 Å². The summed E-state index contributed by atoms with van der Waals surface area (Å²) in [4.78, 5) is 0. The summed E-state index contributed by atoms with van der Waals surface area (Å²) in [6.07, 6.45) is 5.42. The van der Waals surface area contributed by atoms with E-state index in [1.807, 2.05) is 0 Å². The molecule has 0 atom stereocenters. The highest BCUT2D eigenvalue weighted by Gasteiger charge is 2.13. The molecule has 1 aliphatic rings. The summed E-state index contributed by atoms with van der Waals surface area (Å²) < 4.78 is 0. The Hall–Kier alpha value is -0.0400. The zero-order valence-corrected chi connectivity index (χ0v) is 6.24. The molecule has 0 aromatic carbocycles. The second-order valence-electron chi connectivity index (χ2n) is 2.78. The van der Waals surface area contributed by atoms with Crippen LogP contribution in [0.2, 0.25) is 0 Å². The largest absolute Gasteiger partial charge is 0.316 e. The van der Waals surface area contributed by atoms with Gasteiger partial charge in [-0.25, -0.2) is 0 Å². The first-order valence-electron chi connectivity index (χ1n) is 3.97. The van der Waals surface area contributed by atoms with Gasteiger partial charge in [0.15, 0.2) is 0 Å². The lowest BCUT2D eigenvalue weighted by molar-refractivity contribution is 0.703. The standard InChI is InChI=1S/C8H16N/c1-2-3-4-8-5-6-9-7-8/h9H,2-7H2,1H3. The highest BCUT2D eigenvalue weighted by Crippen LogP contribution is 2.17. The summed E-state index contributed by atoms with van der Waals surface area (Å²) >= 11 is 0. The van der Waals surface area contributed by atoms with Gasteiger partial charge in [-0.3, -0.25) is 0 Å². The molecule has 1 radical (unpaired) electrons. The van der Waals surface area contributed by atoms with E-state index in [-0.39, 0.29) is 0 Å². The highest BCUT2D eigenvalue weighted by molar-refractivity contribution is 4.97. The molecule has 9 heavy (non-hydrogen) atoms. The summed E-state index contributed by atoms with van der Waals surface area (Å²) in [5, 5.41) is 3.34. The average molecular weight is 126 g/mol. The maximum atomic E-state index is 3.34. The molecule has 53 valence electrons. The summed E-state index contributed by atoms with van der Waals surface area (Å²) in [7, 11) is 0. The molecule has 1 heterocycles. The minimum atomic E-state index is 1.19. The summed E-state index contributed by atoms with van der Waals surface area (Å²) in [6, 6.07) is 0. The fourth-order valence-corrected chi connectivity index (χ4v) is 1.26. The van der Waals surface area contributed by atoms with Crippen molar-refractivity contribution >= 4 is 0 Å². The van der Waals surface area contributed by atoms with Gasteiger partial charge in [-0.2, -0.15) is 0 Å². The van der Waals surface area contributed by atoms with Crippen LogP contribution in [0, 0.1) is 5.92 Å². The molecule has 0 unspecified atom stereocenters. The number of hydrogen-bond acceptors (Lipinski definition) is 1. The van der Waals surface area contributed by atoms with Crippen LogP contribution >= 0.6 is 0 Å². The number of rotatable bonds is 3. The lowest BCUT2D eigenvalue weighted by atomic mass is 10.0. The average Bonchev–Trinajstić information content (AvgIpc) is 2.34. The van der Waals surface area contributed by atoms with E-state index in [1.165, 1.54) is 38.8 Å². The first-order valence-corrected chi connectivity index (χ1v) is 3.97. The number of nitrogens with one attached hydrogen (secondary N) is 1. The maximum Gasteiger partial charge on any atom is 0.00141 e. The third kappa shape index (κ3) is 2.35. The van der Waals surface area contributed by atoms with Crippen molar-refractivity contribution in [2.45, 2.75) is 32.6 Å². The van der Waals surface area contributed by atoms with Crippen LogP contribution in [0.3, 0.4) is 0 Å². The van der Waals surface area contributed by atoms with Gasteiger partial charge in [-0.1, -0.05) is 19.8 Å². The third-order valence-corrected chi connectivity index (χ3v) is 1.91. The monoisotopic (exact) mass is 126 g/mol. The predicted molar refractivity (Wildman–Crippen MR) is 40.3 cm³/mol. The Balaban J connectivity index is 1.98. The Morgan fingerprint density at radius 3 is 3.00 bits per heavy atom. The molecule has 0 saturated carbocycles. The third-order valence-electron chi connectivity index (χ3n) is 1.91. The lowest BCUT2D eigenvalue weighted by Gasteiger charge is -2.03. The van der Waals surface area contributed by atoms with E-state index >= 15 is 0 Å². The van der Waals surface area contributed by atoms with Crippen LogP contribution in [0.4, 0.5) is 0 Å². The van der Waals surface area contributed by atoms with Gasteiger partial charge in [-0.05, 0) is 25.3 Å². The van der Waals surface area contributed by atoms with Gasteiger partial charge in [0.1, 0.15) is 0 Å². The molecule has 0 aliphatic carbocycles. The van der Waals surface area contributed by atoms with Crippen molar-refractivity contribution in [3.63, 3.8) is 0 Å².